The number of hydrogen-bond donors (Lipinski definition) is 4. The van der Waals surface area contributed by atoms with E-state index in [1.54, 1.807) is 18.4 Å². The average Bonchev–Trinajstić information content (AvgIpc) is 3.31. The molecule has 4 fully saturated rings. The van der Waals surface area contributed by atoms with E-state index in [1.165, 1.54) is 0 Å². The summed E-state index contributed by atoms with van der Waals surface area (Å²) in [5.41, 5.74) is 8.43. The molecule has 0 aromatic heterocycles. The van der Waals surface area contributed by atoms with Gasteiger partial charge in [0.05, 0.1) is 17.6 Å². The number of carbonyl (C=O) groups excluding carboxylic acids is 2. The molecule has 6 atom stereocenters. The Balaban J connectivity index is 1.48. The predicted molar refractivity (Wildman–Crippen MR) is 169 cm³/mol. The van der Waals surface area contributed by atoms with Crippen molar-refractivity contribution in [2.75, 3.05) is 6.54 Å². The van der Waals surface area contributed by atoms with Crippen LogP contribution in [0.2, 0.25) is 0 Å². The number of hydrogen-bond acceptors (Lipinski definition) is 7. The summed E-state index contributed by atoms with van der Waals surface area (Å²) < 4.78 is 13.2. The Morgan fingerprint density at radius 3 is 2.55 bits per heavy atom. The average molecular weight is 611 g/mol. The van der Waals surface area contributed by atoms with E-state index >= 15 is 0 Å². The van der Waals surface area contributed by atoms with Crippen molar-refractivity contribution in [2.45, 2.75) is 97.3 Å². The van der Waals surface area contributed by atoms with Gasteiger partial charge >= 0.3 is 7.12 Å². The number of nitrogens with two attached hydrogens (primary N) is 1. The Bertz CT molecular complexity index is 1270. The zero-order valence-corrected chi connectivity index (χ0v) is 26.7. The summed E-state index contributed by atoms with van der Waals surface area (Å²) >= 11 is 0. The molecule has 2 amide bonds. The number of nitro groups is 1. The summed E-state index contributed by atoms with van der Waals surface area (Å²) in [4.78, 5) is 41.6. The Hall–Kier alpha value is -3.45. The fourth-order valence-corrected chi connectivity index (χ4v) is 7.13. The van der Waals surface area contributed by atoms with Gasteiger partial charge in [-0.2, -0.15) is 0 Å². The minimum Gasteiger partial charge on any atom is -0.404 e. The molecule has 5 rings (SSSR count). The van der Waals surface area contributed by atoms with E-state index < -0.39 is 29.7 Å². The van der Waals surface area contributed by atoms with E-state index in [0.717, 1.165) is 18.4 Å². The molecule has 1 aromatic rings. The number of amides is 2. The normalized spacial score (nSPS) is 27.2. The highest BCUT2D eigenvalue weighted by Gasteiger charge is 2.68. The van der Waals surface area contributed by atoms with Gasteiger partial charge in [-0.15, -0.1) is 0 Å². The van der Waals surface area contributed by atoms with Crippen LogP contribution in [-0.2, 0) is 18.9 Å². The van der Waals surface area contributed by atoms with Crippen molar-refractivity contribution in [3.8, 4) is 0 Å². The van der Waals surface area contributed by atoms with E-state index in [9.17, 15) is 19.7 Å². The highest BCUT2D eigenvalue weighted by atomic mass is 16.7. The molecule has 2 bridgehead atoms. The molecule has 12 nitrogen and oxygen atoms in total. The molecular weight excluding hydrogens is 563 g/mol. The second kappa shape index (κ2) is 13.7. The minimum absolute atomic E-state index is 0.0202. The zero-order valence-electron chi connectivity index (χ0n) is 26.7. The molecule has 13 heteroatoms. The zero-order chi connectivity index (χ0) is 32.2. The van der Waals surface area contributed by atoms with Crippen LogP contribution in [0.3, 0.4) is 0 Å². The SMILES string of the molecule is CC(=Cc1ccccc1)C(=O)N[C@@H](CCCN=C(N)N[N+](=O)[O-])C(=O)N[C@@H](CC(C)C)B1O[C@@H]2C[C@@H]3C[C@@H](C3(C)C)[C@]2(C)O1. The quantitative estimate of drug-likeness (QED) is 0.0502. The van der Waals surface area contributed by atoms with Crippen LogP contribution in [0.1, 0.15) is 79.2 Å². The summed E-state index contributed by atoms with van der Waals surface area (Å²) in [6.07, 6.45) is 5.04. The van der Waals surface area contributed by atoms with Crippen molar-refractivity contribution in [3.05, 3.63) is 51.6 Å². The summed E-state index contributed by atoms with van der Waals surface area (Å²) in [6, 6.07) is 8.57. The molecule has 240 valence electrons. The third kappa shape index (κ3) is 7.61. The molecule has 4 aliphatic rings. The maximum absolute atomic E-state index is 13.8. The lowest BCUT2D eigenvalue weighted by Gasteiger charge is -2.64. The van der Waals surface area contributed by atoms with Crippen LogP contribution < -0.4 is 21.8 Å². The van der Waals surface area contributed by atoms with E-state index in [-0.39, 0.29) is 48.2 Å². The van der Waals surface area contributed by atoms with Gasteiger partial charge < -0.3 is 25.7 Å². The van der Waals surface area contributed by atoms with Crippen LogP contribution in [0, 0.1) is 33.3 Å². The minimum atomic E-state index is -0.887. The number of aliphatic imine (C=N–C) groups is 1. The van der Waals surface area contributed by atoms with Crippen molar-refractivity contribution >= 4 is 31.0 Å². The Labute approximate surface area is 260 Å². The van der Waals surface area contributed by atoms with Crippen LogP contribution in [0.15, 0.2) is 40.9 Å². The molecule has 3 aliphatic carbocycles. The van der Waals surface area contributed by atoms with Gasteiger partial charge in [0.1, 0.15) is 6.04 Å². The molecule has 5 N–H and O–H groups in total. The summed E-state index contributed by atoms with van der Waals surface area (Å²) in [7, 11) is -0.597. The topological polar surface area (TPSA) is 170 Å². The van der Waals surface area contributed by atoms with Crippen molar-refractivity contribution in [1.82, 2.24) is 16.1 Å². The van der Waals surface area contributed by atoms with E-state index in [0.29, 0.717) is 30.3 Å². The molecule has 1 aliphatic heterocycles. The third-order valence-corrected chi connectivity index (χ3v) is 9.65. The van der Waals surface area contributed by atoms with Crippen molar-refractivity contribution in [2.24, 2.45) is 33.9 Å². The van der Waals surface area contributed by atoms with E-state index in [1.807, 2.05) is 30.3 Å². The van der Waals surface area contributed by atoms with E-state index in [4.69, 9.17) is 15.0 Å². The lowest BCUT2D eigenvalue weighted by atomic mass is 9.43. The third-order valence-electron chi connectivity index (χ3n) is 9.65. The Kier molecular flexibility index (Phi) is 10.4. The number of carbonyl (C=O) groups is 2. The predicted octanol–water partition coefficient (Wildman–Crippen LogP) is 3.25. The van der Waals surface area contributed by atoms with Gasteiger partial charge in [-0.3, -0.25) is 9.59 Å². The largest absolute Gasteiger partial charge is 0.481 e. The van der Waals surface area contributed by atoms with Crippen LogP contribution >= 0.6 is 0 Å². The smallest absolute Gasteiger partial charge is 0.404 e. The molecule has 44 heavy (non-hydrogen) atoms. The van der Waals surface area contributed by atoms with Crippen molar-refractivity contribution in [1.29, 1.82) is 0 Å². The maximum atomic E-state index is 13.8. The second-order valence-electron chi connectivity index (χ2n) is 13.6. The Morgan fingerprint density at radius 2 is 1.91 bits per heavy atom. The number of nitrogens with one attached hydrogen (secondary N) is 3. The van der Waals surface area contributed by atoms with Crippen LogP contribution in [-0.4, -0.2) is 60.2 Å². The van der Waals surface area contributed by atoms with Gasteiger partial charge in [0.15, 0.2) is 5.03 Å². The molecule has 1 heterocycles. The molecule has 1 saturated heterocycles. The van der Waals surface area contributed by atoms with Gasteiger partial charge in [0.25, 0.3) is 5.96 Å². The number of benzene rings is 1. The summed E-state index contributed by atoms with van der Waals surface area (Å²) in [5.74, 6) is -0.217. The molecule has 0 radical (unpaired) electrons. The summed E-state index contributed by atoms with van der Waals surface area (Å²) in [5, 5.41) is 15.8. The van der Waals surface area contributed by atoms with Crippen LogP contribution in [0.25, 0.3) is 6.08 Å². The van der Waals surface area contributed by atoms with Gasteiger partial charge in [0.2, 0.25) is 11.8 Å². The Morgan fingerprint density at radius 1 is 1.20 bits per heavy atom. The monoisotopic (exact) mass is 610 g/mol. The number of guanidine groups is 1. The fourth-order valence-electron chi connectivity index (χ4n) is 7.13. The lowest BCUT2D eigenvalue weighted by Crippen LogP contribution is -2.65. The first-order chi connectivity index (χ1) is 20.7. The van der Waals surface area contributed by atoms with Crippen molar-refractivity contribution < 1.29 is 23.9 Å². The standard InChI is InChI=1S/C31H47BN6O6/c1-19(2)15-26(32-43-25-18-22-17-24(30(22,4)5)31(25,6)44-32)36-28(40)23(13-10-14-34-29(33)37-38(41)42)35-27(39)20(3)16-21-11-8-7-9-12-21/h7-9,11-12,16,19,22-26H,10,13-15,17-18H2,1-6H3,(H,35,39)(H,36,40)(H3,33,34,37)/t22-,23-,24-,25+,26-,31-/m0/s1. The first-order valence-electron chi connectivity index (χ1n) is 15.6. The van der Waals surface area contributed by atoms with E-state index in [2.05, 4.69) is 50.2 Å². The number of nitrogens with zero attached hydrogens (tertiary/aromatic N) is 2. The first-order valence-corrected chi connectivity index (χ1v) is 15.6. The molecule has 3 saturated carbocycles. The number of hydrazine groups is 1. The van der Waals surface area contributed by atoms with Crippen LogP contribution in [0.5, 0.6) is 0 Å². The number of rotatable bonds is 13. The first kappa shape index (κ1) is 33.4. The fraction of sp³-hybridized carbons (Fsp3) is 0.645. The second-order valence-corrected chi connectivity index (χ2v) is 13.6. The van der Waals surface area contributed by atoms with Gasteiger partial charge in [-0.05, 0) is 80.8 Å². The van der Waals surface area contributed by atoms with Gasteiger partial charge in [-0.1, -0.05) is 63.5 Å². The highest BCUT2D eigenvalue weighted by Crippen LogP contribution is 2.65. The molecule has 1 aromatic carbocycles. The van der Waals surface area contributed by atoms with Crippen LogP contribution in [0.4, 0.5) is 0 Å². The van der Waals surface area contributed by atoms with Gasteiger partial charge in [0, 0.05) is 12.1 Å². The highest BCUT2D eigenvalue weighted by molar-refractivity contribution is 6.48. The molecular formula is C31H47BN6O6. The maximum Gasteiger partial charge on any atom is 0.481 e. The molecule has 0 unspecified atom stereocenters. The van der Waals surface area contributed by atoms with Crippen molar-refractivity contribution in [3.63, 3.8) is 0 Å². The van der Waals surface area contributed by atoms with Gasteiger partial charge in [-0.25, -0.2) is 15.1 Å². The summed E-state index contributed by atoms with van der Waals surface area (Å²) in [6.45, 7) is 12.8. The molecule has 0 spiro atoms. The lowest BCUT2D eigenvalue weighted by molar-refractivity contribution is -0.525.